The number of benzene rings is 1. The smallest absolute Gasteiger partial charge is 0.411 e. The van der Waals surface area contributed by atoms with E-state index in [9.17, 15) is 14.4 Å². The molecule has 1 N–H and O–H groups in total. The van der Waals surface area contributed by atoms with Gasteiger partial charge in [0.25, 0.3) is 0 Å². The zero-order valence-electron chi connectivity index (χ0n) is 20.1. The Hall–Kier alpha value is -3.29. The van der Waals surface area contributed by atoms with Gasteiger partial charge in [-0.1, -0.05) is 24.3 Å². The molecule has 3 heterocycles. The number of nitrogens with zero attached hydrogens (tertiary/aromatic N) is 2. The number of hydrogen-bond donors (Lipinski definition) is 1. The van der Waals surface area contributed by atoms with E-state index < -0.39 is 17.7 Å². The normalized spacial score (nSPS) is 18.9. The largest absolute Gasteiger partial charge is 0.467 e. The summed E-state index contributed by atoms with van der Waals surface area (Å²) in [5.74, 6) is 0.453. The molecule has 2 aliphatic rings. The molecule has 3 amide bonds. The summed E-state index contributed by atoms with van der Waals surface area (Å²) in [6.07, 6.45) is 2.73. The van der Waals surface area contributed by atoms with Gasteiger partial charge in [-0.3, -0.25) is 14.5 Å². The monoisotopic (exact) mass is 467 g/mol. The molecule has 0 aliphatic carbocycles. The summed E-state index contributed by atoms with van der Waals surface area (Å²) in [4.78, 5) is 42.5. The Balaban J connectivity index is 1.40. The third-order valence-corrected chi connectivity index (χ3v) is 6.36. The van der Waals surface area contributed by atoms with Gasteiger partial charge in [0, 0.05) is 25.4 Å². The summed E-state index contributed by atoms with van der Waals surface area (Å²) in [7, 11) is 0. The van der Waals surface area contributed by atoms with Gasteiger partial charge in [0.15, 0.2) is 0 Å². The molecule has 2 aromatic rings. The fourth-order valence-corrected chi connectivity index (χ4v) is 4.56. The number of nitrogens with one attached hydrogen (secondary N) is 1. The number of ether oxygens (including phenoxy) is 1. The van der Waals surface area contributed by atoms with Crippen LogP contribution in [0.3, 0.4) is 0 Å². The number of fused-ring (bicyclic) bond motifs is 1. The Morgan fingerprint density at radius 2 is 1.76 bits per heavy atom. The van der Waals surface area contributed by atoms with Crippen LogP contribution in [-0.2, 0) is 33.8 Å². The van der Waals surface area contributed by atoms with E-state index in [2.05, 4.69) is 5.32 Å². The third kappa shape index (κ3) is 5.61. The van der Waals surface area contributed by atoms with Gasteiger partial charge in [-0.15, -0.1) is 0 Å². The molecule has 1 aromatic heterocycles. The lowest BCUT2D eigenvalue weighted by Crippen LogP contribution is -2.56. The minimum Gasteiger partial charge on any atom is -0.467 e. The molecule has 1 aromatic carbocycles. The van der Waals surface area contributed by atoms with Crippen LogP contribution in [-0.4, -0.2) is 52.4 Å². The Kier molecular flexibility index (Phi) is 6.95. The van der Waals surface area contributed by atoms with E-state index in [-0.39, 0.29) is 17.7 Å². The average molecular weight is 468 g/mol. The van der Waals surface area contributed by atoms with Crippen LogP contribution >= 0.6 is 0 Å². The van der Waals surface area contributed by atoms with Crippen molar-refractivity contribution in [3.05, 3.63) is 59.5 Å². The molecule has 0 bridgehead atoms. The van der Waals surface area contributed by atoms with Gasteiger partial charge in [-0.2, -0.15) is 0 Å². The van der Waals surface area contributed by atoms with Crippen molar-refractivity contribution in [2.75, 3.05) is 13.1 Å². The van der Waals surface area contributed by atoms with Crippen molar-refractivity contribution in [2.45, 2.75) is 64.8 Å². The Morgan fingerprint density at radius 3 is 2.41 bits per heavy atom. The maximum Gasteiger partial charge on any atom is 0.411 e. The zero-order chi connectivity index (χ0) is 24.3. The van der Waals surface area contributed by atoms with E-state index in [0.29, 0.717) is 51.2 Å². The Bertz CT molecular complexity index is 1020. The molecule has 8 heteroatoms. The minimum absolute atomic E-state index is 0.0227. The van der Waals surface area contributed by atoms with Gasteiger partial charge in [0.05, 0.1) is 19.4 Å². The number of hydrogen-bond acceptors (Lipinski definition) is 5. The summed E-state index contributed by atoms with van der Waals surface area (Å²) in [6.45, 7) is 7.13. The van der Waals surface area contributed by atoms with Gasteiger partial charge >= 0.3 is 6.09 Å². The van der Waals surface area contributed by atoms with E-state index in [1.54, 1.807) is 22.1 Å². The topological polar surface area (TPSA) is 92.1 Å². The van der Waals surface area contributed by atoms with Gasteiger partial charge in [-0.25, -0.2) is 4.79 Å². The molecular weight excluding hydrogens is 434 g/mol. The highest BCUT2D eigenvalue weighted by atomic mass is 16.6. The van der Waals surface area contributed by atoms with E-state index in [1.165, 1.54) is 0 Å². The third-order valence-electron chi connectivity index (χ3n) is 6.36. The van der Waals surface area contributed by atoms with Gasteiger partial charge in [-0.05, 0) is 56.9 Å². The molecule has 8 nitrogen and oxygen atoms in total. The molecule has 182 valence electrons. The lowest BCUT2D eigenvalue weighted by atomic mass is 9.91. The number of piperidine rings is 1. The second kappa shape index (κ2) is 9.91. The first-order chi connectivity index (χ1) is 16.2. The summed E-state index contributed by atoms with van der Waals surface area (Å²) >= 11 is 0. The van der Waals surface area contributed by atoms with Crippen LogP contribution in [0.1, 0.15) is 50.5 Å². The Morgan fingerprint density at radius 1 is 1.06 bits per heavy atom. The highest BCUT2D eigenvalue weighted by Gasteiger charge is 2.40. The highest BCUT2D eigenvalue weighted by Crippen LogP contribution is 2.28. The average Bonchev–Trinajstić information content (AvgIpc) is 3.34. The first-order valence-electron chi connectivity index (χ1n) is 11.9. The number of furan rings is 1. The van der Waals surface area contributed by atoms with E-state index >= 15 is 0 Å². The van der Waals surface area contributed by atoms with E-state index in [4.69, 9.17) is 9.15 Å². The minimum atomic E-state index is -0.650. The summed E-state index contributed by atoms with van der Waals surface area (Å²) in [5, 5.41) is 2.91. The number of rotatable bonds is 4. The maximum atomic E-state index is 13.6. The number of likely N-dealkylation sites (tertiary alicyclic amines) is 1. The lowest BCUT2D eigenvalue weighted by Gasteiger charge is -2.40. The quantitative estimate of drug-likeness (QED) is 0.743. The maximum absolute atomic E-state index is 13.6. The SMILES string of the molecule is CC(C)(C)OC(=O)N1Cc2ccccc2C[C@H]1C(=O)N1CCC(C(=O)NCc2ccco2)CC1. The van der Waals surface area contributed by atoms with Crippen LogP contribution in [0, 0.1) is 5.92 Å². The van der Waals surface area contributed by atoms with Crippen molar-refractivity contribution in [1.82, 2.24) is 15.1 Å². The summed E-state index contributed by atoms with van der Waals surface area (Å²) in [5.41, 5.74) is 1.46. The van der Waals surface area contributed by atoms with E-state index in [1.807, 2.05) is 51.1 Å². The first kappa shape index (κ1) is 23.9. The standard InChI is InChI=1S/C26H33N3O5/c1-26(2,3)34-25(32)29-17-20-8-5-4-7-19(20)15-22(29)24(31)28-12-10-18(11-13-28)23(30)27-16-21-9-6-14-33-21/h4-9,14,18,22H,10-13,15-17H2,1-3H3,(H,27,30)/t22-/m0/s1. The number of amides is 3. The van der Waals surface area contributed by atoms with Crippen molar-refractivity contribution in [1.29, 1.82) is 0 Å². The second-order valence-corrected chi connectivity index (χ2v) is 9.99. The molecule has 0 saturated carbocycles. The van der Waals surface area contributed by atoms with Crippen LogP contribution in [0.25, 0.3) is 0 Å². The van der Waals surface area contributed by atoms with Gasteiger partial charge in [0.1, 0.15) is 17.4 Å². The highest BCUT2D eigenvalue weighted by molar-refractivity contribution is 5.87. The van der Waals surface area contributed by atoms with Gasteiger partial charge in [0.2, 0.25) is 11.8 Å². The number of carbonyl (C=O) groups is 3. The molecular formula is C26H33N3O5. The molecule has 1 fully saturated rings. The van der Waals surface area contributed by atoms with E-state index in [0.717, 1.165) is 11.1 Å². The van der Waals surface area contributed by atoms with Crippen LogP contribution in [0.4, 0.5) is 4.79 Å². The van der Waals surface area contributed by atoms with Crippen molar-refractivity contribution >= 4 is 17.9 Å². The predicted molar refractivity (Wildman–Crippen MR) is 126 cm³/mol. The molecule has 0 radical (unpaired) electrons. The first-order valence-corrected chi connectivity index (χ1v) is 11.9. The fourth-order valence-electron chi connectivity index (χ4n) is 4.56. The van der Waals surface area contributed by atoms with Crippen molar-refractivity contribution in [3.63, 3.8) is 0 Å². The molecule has 2 aliphatic heterocycles. The zero-order valence-corrected chi connectivity index (χ0v) is 20.1. The van der Waals surface area contributed by atoms with Crippen LogP contribution in [0.5, 0.6) is 0 Å². The van der Waals surface area contributed by atoms with Crippen LogP contribution in [0.2, 0.25) is 0 Å². The van der Waals surface area contributed by atoms with Crippen LogP contribution < -0.4 is 5.32 Å². The number of carbonyl (C=O) groups excluding carboxylic acids is 3. The molecule has 4 rings (SSSR count). The van der Waals surface area contributed by atoms with Crippen molar-refractivity contribution in [3.8, 4) is 0 Å². The summed E-state index contributed by atoms with van der Waals surface area (Å²) < 4.78 is 10.9. The predicted octanol–water partition coefficient (Wildman–Crippen LogP) is 3.50. The van der Waals surface area contributed by atoms with Crippen molar-refractivity contribution < 1.29 is 23.5 Å². The lowest BCUT2D eigenvalue weighted by molar-refractivity contribution is -0.140. The Labute approximate surface area is 200 Å². The van der Waals surface area contributed by atoms with Crippen LogP contribution in [0.15, 0.2) is 47.1 Å². The molecule has 0 spiro atoms. The second-order valence-electron chi connectivity index (χ2n) is 9.99. The summed E-state index contributed by atoms with van der Waals surface area (Å²) in [6, 6.07) is 10.9. The fraction of sp³-hybridized carbons (Fsp3) is 0.500. The van der Waals surface area contributed by atoms with Crippen molar-refractivity contribution in [2.24, 2.45) is 5.92 Å². The molecule has 1 saturated heterocycles. The molecule has 34 heavy (non-hydrogen) atoms. The van der Waals surface area contributed by atoms with Gasteiger partial charge < -0.3 is 19.4 Å². The molecule has 1 atom stereocenters. The molecule has 0 unspecified atom stereocenters.